The van der Waals surface area contributed by atoms with Crippen LogP contribution in [-0.2, 0) is 11.2 Å². The van der Waals surface area contributed by atoms with Crippen molar-refractivity contribution in [2.24, 2.45) is 0 Å². The second-order valence-corrected chi connectivity index (χ2v) is 8.08. The van der Waals surface area contributed by atoms with Gasteiger partial charge in [-0.25, -0.2) is 0 Å². The lowest BCUT2D eigenvalue weighted by atomic mass is 10.0. The second kappa shape index (κ2) is 8.72. The van der Waals surface area contributed by atoms with E-state index in [2.05, 4.69) is 21.2 Å². The highest BCUT2D eigenvalue weighted by Gasteiger charge is 2.42. The smallest absolute Gasteiger partial charge is 0.269 e. The number of imide groups is 1. The van der Waals surface area contributed by atoms with Crippen molar-refractivity contribution in [1.82, 2.24) is 4.90 Å². The predicted octanol–water partition coefficient (Wildman–Crippen LogP) is 4.20. The Bertz CT molecular complexity index is 1190. The first kappa shape index (κ1) is 21.4. The zero-order chi connectivity index (χ0) is 22.8. The van der Waals surface area contributed by atoms with E-state index in [0.29, 0.717) is 5.69 Å². The molecule has 3 aromatic rings. The standard InChI is InChI=1S/C23H16BrN3O5/c24-15-7-5-14(6-8-15)13-20(21(28)25-16-9-11-17(12-10-16)27(31)32)26-22(29)18-3-1-2-4-19(18)23(26)30/h1-12,20H,13H2,(H,25,28). The van der Waals surface area contributed by atoms with Crippen LogP contribution >= 0.6 is 15.9 Å². The van der Waals surface area contributed by atoms with Gasteiger partial charge in [0.1, 0.15) is 6.04 Å². The molecule has 0 aliphatic carbocycles. The number of fused-ring (bicyclic) bond motifs is 1. The summed E-state index contributed by atoms with van der Waals surface area (Å²) in [6, 6.07) is 17.9. The van der Waals surface area contributed by atoms with Gasteiger partial charge >= 0.3 is 0 Å². The molecule has 1 aliphatic rings. The van der Waals surface area contributed by atoms with Crippen molar-refractivity contribution in [2.75, 3.05) is 5.32 Å². The molecule has 0 saturated carbocycles. The quantitative estimate of drug-likeness (QED) is 0.314. The minimum Gasteiger partial charge on any atom is -0.324 e. The van der Waals surface area contributed by atoms with Crippen LogP contribution < -0.4 is 5.32 Å². The van der Waals surface area contributed by atoms with Gasteiger partial charge in [-0.15, -0.1) is 0 Å². The fourth-order valence-electron chi connectivity index (χ4n) is 3.53. The number of nitro benzene ring substituents is 1. The van der Waals surface area contributed by atoms with Crippen LogP contribution in [0.4, 0.5) is 11.4 Å². The molecule has 3 aromatic carbocycles. The molecule has 0 fully saturated rings. The van der Waals surface area contributed by atoms with Gasteiger partial charge < -0.3 is 5.32 Å². The van der Waals surface area contributed by atoms with E-state index < -0.39 is 28.7 Å². The molecule has 3 amide bonds. The Morgan fingerprint density at radius 1 is 0.938 bits per heavy atom. The molecule has 8 nitrogen and oxygen atoms in total. The minimum atomic E-state index is -1.11. The van der Waals surface area contributed by atoms with Gasteiger partial charge in [0.05, 0.1) is 16.1 Å². The number of non-ortho nitro benzene ring substituents is 1. The Kier molecular flexibility index (Phi) is 5.83. The molecule has 1 heterocycles. The fourth-order valence-corrected chi connectivity index (χ4v) is 3.79. The Labute approximate surface area is 191 Å². The van der Waals surface area contributed by atoms with E-state index in [9.17, 15) is 24.5 Å². The first-order valence-electron chi connectivity index (χ1n) is 9.62. The van der Waals surface area contributed by atoms with Crippen LogP contribution in [-0.4, -0.2) is 33.6 Å². The van der Waals surface area contributed by atoms with Crippen molar-refractivity contribution in [3.8, 4) is 0 Å². The molecule has 1 atom stereocenters. The monoisotopic (exact) mass is 493 g/mol. The highest BCUT2D eigenvalue weighted by Crippen LogP contribution is 2.27. The molecule has 4 rings (SSSR count). The van der Waals surface area contributed by atoms with E-state index in [-0.39, 0.29) is 23.2 Å². The molecule has 1 aliphatic heterocycles. The maximum atomic E-state index is 13.2. The molecule has 0 saturated heterocycles. The summed E-state index contributed by atoms with van der Waals surface area (Å²) in [5, 5.41) is 13.5. The summed E-state index contributed by atoms with van der Waals surface area (Å²) in [6.45, 7) is 0. The lowest BCUT2D eigenvalue weighted by molar-refractivity contribution is -0.384. The molecule has 1 N–H and O–H groups in total. The molecular formula is C23H16BrN3O5. The molecule has 160 valence electrons. The maximum absolute atomic E-state index is 13.2. The number of nitro groups is 1. The van der Waals surface area contributed by atoms with E-state index in [1.54, 1.807) is 36.4 Å². The first-order valence-corrected chi connectivity index (χ1v) is 10.4. The van der Waals surface area contributed by atoms with E-state index >= 15 is 0 Å². The summed E-state index contributed by atoms with van der Waals surface area (Å²) in [5.74, 6) is -1.64. The normalized spacial score (nSPS) is 13.6. The molecule has 9 heteroatoms. The summed E-state index contributed by atoms with van der Waals surface area (Å²) < 4.78 is 0.855. The number of hydrogen-bond donors (Lipinski definition) is 1. The average Bonchev–Trinajstić information content (AvgIpc) is 3.04. The maximum Gasteiger partial charge on any atom is 0.269 e. The van der Waals surface area contributed by atoms with Crippen molar-refractivity contribution in [2.45, 2.75) is 12.5 Å². The van der Waals surface area contributed by atoms with Crippen molar-refractivity contribution < 1.29 is 19.3 Å². The van der Waals surface area contributed by atoms with Gasteiger partial charge in [-0.1, -0.05) is 40.2 Å². The largest absolute Gasteiger partial charge is 0.324 e. The molecule has 0 aromatic heterocycles. The number of nitrogens with one attached hydrogen (secondary N) is 1. The van der Waals surface area contributed by atoms with Gasteiger partial charge in [-0.05, 0) is 42.0 Å². The van der Waals surface area contributed by atoms with E-state index in [0.717, 1.165) is 14.9 Å². The molecule has 0 spiro atoms. The van der Waals surface area contributed by atoms with Gasteiger partial charge in [0.2, 0.25) is 5.91 Å². The second-order valence-electron chi connectivity index (χ2n) is 7.17. The molecule has 32 heavy (non-hydrogen) atoms. The zero-order valence-electron chi connectivity index (χ0n) is 16.5. The van der Waals surface area contributed by atoms with E-state index in [4.69, 9.17) is 0 Å². The number of carbonyl (C=O) groups is 3. The van der Waals surface area contributed by atoms with Gasteiger partial charge in [0.25, 0.3) is 17.5 Å². The van der Waals surface area contributed by atoms with Crippen LogP contribution in [0, 0.1) is 10.1 Å². The molecule has 0 bridgehead atoms. The SMILES string of the molecule is O=C(Nc1ccc([N+](=O)[O-])cc1)C(Cc1ccc(Br)cc1)N1C(=O)c2ccccc2C1=O. The number of rotatable bonds is 6. The number of amides is 3. The number of carbonyl (C=O) groups excluding carboxylic acids is 3. The fraction of sp³-hybridized carbons (Fsp3) is 0.0870. The van der Waals surface area contributed by atoms with E-state index in [1.165, 1.54) is 24.3 Å². The van der Waals surface area contributed by atoms with Gasteiger partial charge in [-0.2, -0.15) is 0 Å². The summed E-state index contributed by atoms with van der Waals surface area (Å²) in [6.07, 6.45) is 0.109. The molecule has 1 unspecified atom stereocenters. The third-order valence-electron chi connectivity index (χ3n) is 5.13. The van der Waals surface area contributed by atoms with Crippen LogP contribution in [0.25, 0.3) is 0 Å². The van der Waals surface area contributed by atoms with Crippen molar-refractivity contribution in [3.05, 3.63) is 104 Å². The minimum absolute atomic E-state index is 0.109. The predicted molar refractivity (Wildman–Crippen MR) is 120 cm³/mol. The summed E-state index contributed by atoms with van der Waals surface area (Å²) in [4.78, 5) is 50.6. The number of nitrogens with zero attached hydrogens (tertiary/aromatic N) is 2. The average molecular weight is 494 g/mol. The van der Waals surface area contributed by atoms with Crippen LogP contribution in [0.3, 0.4) is 0 Å². The van der Waals surface area contributed by atoms with E-state index in [1.807, 2.05) is 12.1 Å². The third-order valence-corrected chi connectivity index (χ3v) is 5.66. The Morgan fingerprint density at radius 2 is 1.50 bits per heavy atom. The Morgan fingerprint density at radius 3 is 2.03 bits per heavy atom. The van der Waals surface area contributed by atoms with Gasteiger partial charge in [0.15, 0.2) is 0 Å². The van der Waals surface area contributed by atoms with Crippen molar-refractivity contribution in [3.63, 3.8) is 0 Å². The summed E-state index contributed by atoms with van der Waals surface area (Å²) in [5.41, 5.74) is 1.46. The third kappa shape index (κ3) is 4.15. The van der Waals surface area contributed by atoms with Crippen LogP contribution in [0.5, 0.6) is 0 Å². The lowest BCUT2D eigenvalue weighted by Gasteiger charge is -2.25. The van der Waals surface area contributed by atoms with Gasteiger partial charge in [0, 0.05) is 28.7 Å². The number of halogens is 1. The highest BCUT2D eigenvalue weighted by molar-refractivity contribution is 9.10. The van der Waals surface area contributed by atoms with Crippen LogP contribution in [0.2, 0.25) is 0 Å². The highest BCUT2D eigenvalue weighted by atomic mass is 79.9. The van der Waals surface area contributed by atoms with Crippen LogP contribution in [0.1, 0.15) is 26.3 Å². The van der Waals surface area contributed by atoms with Crippen molar-refractivity contribution in [1.29, 1.82) is 0 Å². The molecule has 0 radical (unpaired) electrons. The number of hydrogen-bond acceptors (Lipinski definition) is 5. The summed E-state index contributed by atoms with van der Waals surface area (Å²) in [7, 11) is 0. The molecular weight excluding hydrogens is 478 g/mol. The number of benzene rings is 3. The first-order chi connectivity index (χ1) is 15.3. The Balaban J connectivity index is 1.65. The summed E-state index contributed by atoms with van der Waals surface area (Å²) >= 11 is 3.36. The zero-order valence-corrected chi connectivity index (χ0v) is 18.1. The van der Waals surface area contributed by atoms with Gasteiger partial charge in [-0.3, -0.25) is 29.4 Å². The Hall–Kier alpha value is -3.85. The van der Waals surface area contributed by atoms with Crippen LogP contribution in [0.15, 0.2) is 77.3 Å². The van der Waals surface area contributed by atoms with Crippen molar-refractivity contribution >= 4 is 45.0 Å². The topological polar surface area (TPSA) is 110 Å². The number of anilines is 1. The lowest BCUT2D eigenvalue weighted by Crippen LogP contribution is -2.48.